The Balaban J connectivity index is 1.57. The third kappa shape index (κ3) is 4.01. The van der Waals surface area contributed by atoms with Crippen molar-refractivity contribution in [3.63, 3.8) is 0 Å². The molecule has 0 saturated carbocycles. The van der Waals surface area contributed by atoms with E-state index in [2.05, 4.69) is 29.5 Å². The largest absolute Gasteiger partial charge is 0.382 e. The Hall–Kier alpha value is -4.53. The van der Waals surface area contributed by atoms with Crippen LogP contribution in [-0.4, -0.2) is 20.4 Å². The van der Waals surface area contributed by atoms with Crippen LogP contribution in [-0.2, 0) is 0 Å². The lowest BCUT2D eigenvalue weighted by atomic mass is 10.00. The van der Waals surface area contributed by atoms with Gasteiger partial charge < -0.3 is 16.4 Å². The summed E-state index contributed by atoms with van der Waals surface area (Å²) in [6.07, 6.45) is 3.49. The molecule has 5 aromatic rings. The van der Waals surface area contributed by atoms with E-state index >= 15 is 0 Å². The number of carbonyl (C=O) groups is 1. The molecule has 0 unspecified atom stereocenters. The fraction of sp³-hybridized carbons (Fsp3) is 0.115. The number of nitrogens with two attached hydrogens (primary N) is 1. The molecule has 0 aliphatic carbocycles. The Labute approximate surface area is 199 Å². The van der Waals surface area contributed by atoms with Crippen molar-refractivity contribution in [3.05, 3.63) is 84.4 Å². The number of fused-ring (bicyclic) bond motifs is 2. The van der Waals surface area contributed by atoms with E-state index in [4.69, 9.17) is 10.7 Å². The summed E-state index contributed by atoms with van der Waals surface area (Å²) in [5.41, 5.74) is 8.88. The summed E-state index contributed by atoms with van der Waals surface area (Å²) in [4.78, 5) is 21.7. The van der Waals surface area contributed by atoms with Crippen molar-refractivity contribution in [1.29, 1.82) is 0 Å². The zero-order chi connectivity index (χ0) is 24.7. The van der Waals surface area contributed by atoms with Crippen LogP contribution >= 0.6 is 0 Å². The number of carbonyl (C=O) groups excluding carboxylic acids is 1. The summed E-state index contributed by atoms with van der Waals surface area (Å²) in [7, 11) is 0. The van der Waals surface area contributed by atoms with E-state index in [1.165, 1.54) is 6.07 Å². The van der Waals surface area contributed by atoms with Crippen molar-refractivity contribution in [2.75, 3.05) is 16.4 Å². The monoisotopic (exact) mass is 472 g/mol. The van der Waals surface area contributed by atoms with E-state index in [9.17, 15) is 13.6 Å². The Morgan fingerprint density at radius 2 is 1.71 bits per heavy atom. The van der Waals surface area contributed by atoms with Gasteiger partial charge in [0.15, 0.2) is 0 Å². The number of amides is 2. The van der Waals surface area contributed by atoms with Crippen molar-refractivity contribution >= 4 is 39.5 Å². The molecule has 2 heterocycles. The van der Waals surface area contributed by atoms with E-state index < -0.39 is 17.7 Å². The minimum Gasteiger partial charge on any atom is -0.382 e. The van der Waals surface area contributed by atoms with Gasteiger partial charge in [0, 0.05) is 35.3 Å². The van der Waals surface area contributed by atoms with Crippen molar-refractivity contribution < 1.29 is 13.6 Å². The minimum absolute atomic E-state index is 0.126. The fourth-order valence-electron chi connectivity index (χ4n) is 4.16. The van der Waals surface area contributed by atoms with Crippen LogP contribution in [0.15, 0.2) is 67.0 Å². The number of nitrogen functional groups attached to an aromatic ring is 1. The maximum atomic E-state index is 14.0. The van der Waals surface area contributed by atoms with Gasteiger partial charge in [0.05, 0.1) is 11.4 Å². The molecule has 0 saturated heterocycles. The average molecular weight is 472 g/mol. The zero-order valence-corrected chi connectivity index (χ0v) is 19.0. The highest BCUT2D eigenvalue weighted by Gasteiger charge is 2.20. The molecule has 7 nitrogen and oxygen atoms in total. The van der Waals surface area contributed by atoms with Gasteiger partial charge in [0.25, 0.3) is 0 Å². The first-order chi connectivity index (χ1) is 16.8. The molecule has 0 aliphatic heterocycles. The quantitative estimate of drug-likeness (QED) is 0.291. The Kier molecular flexibility index (Phi) is 5.52. The summed E-state index contributed by atoms with van der Waals surface area (Å²) >= 11 is 0. The van der Waals surface area contributed by atoms with E-state index in [0.29, 0.717) is 28.8 Å². The lowest BCUT2D eigenvalue weighted by molar-refractivity contribution is 0.262. The molecular formula is C26H22F2N6O. The Morgan fingerprint density at radius 1 is 1.00 bits per heavy atom. The third-order valence-corrected chi connectivity index (χ3v) is 5.73. The molecule has 2 amide bonds. The van der Waals surface area contributed by atoms with Crippen LogP contribution in [0.3, 0.4) is 0 Å². The molecule has 0 atom stereocenters. The summed E-state index contributed by atoms with van der Waals surface area (Å²) in [6.45, 7) is 4.12. The molecule has 0 radical (unpaired) electrons. The van der Waals surface area contributed by atoms with E-state index in [-0.39, 0.29) is 11.6 Å². The normalized spacial score (nSPS) is 11.3. The molecule has 2 aromatic heterocycles. The highest BCUT2D eigenvalue weighted by molar-refractivity contribution is 6.10. The van der Waals surface area contributed by atoms with E-state index in [1.807, 2.05) is 40.9 Å². The minimum atomic E-state index is -0.862. The van der Waals surface area contributed by atoms with Crippen molar-refractivity contribution in [1.82, 2.24) is 14.4 Å². The number of benzene rings is 3. The zero-order valence-electron chi connectivity index (χ0n) is 19.0. The van der Waals surface area contributed by atoms with Crippen LogP contribution in [0.4, 0.5) is 30.8 Å². The summed E-state index contributed by atoms with van der Waals surface area (Å²) < 4.78 is 29.1. The first-order valence-corrected chi connectivity index (χ1v) is 11.0. The number of aromatic nitrogens is 3. The first-order valence-electron chi connectivity index (χ1n) is 11.0. The highest BCUT2D eigenvalue weighted by Crippen LogP contribution is 2.37. The summed E-state index contributed by atoms with van der Waals surface area (Å²) in [5, 5.41) is 6.77. The van der Waals surface area contributed by atoms with Crippen LogP contribution in [0.25, 0.3) is 27.5 Å². The number of rotatable bonds is 4. The van der Waals surface area contributed by atoms with E-state index in [0.717, 1.165) is 28.2 Å². The van der Waals surface area contributed by atoms with Crippen molar-refractivity contribution in [2.24, 2.45) is 0 Å². The van der Waals surface area contributed by atoms with Crippen LogP contribution in [0.2, 0.25) is 0 Å². The smallest absolute Gasteiger partial charge is 0.323 e. The standard InChI is InChI=1S/C26H22F2N6O/c1-14(2)25-33-22(23-24(29)30-11-12-34(23)25)18-8-10-20(17-6-4-3-5-16(17)18)31-26(35)32-21-9-7-15(27)13-19(21)28/h3-14H,1-2H3,(H2,29,30)(H2,31,32,35). The molecule has 4 N–H and O–H groups in total. The maximum Gasteiger partial charge on any atom is 0.323 e. The van der Waals surface area contributed by atoms with Gasteiger partial charge in [-0.05, 0) is 23.6 Å². The second kappa shape index (κ2) is 8.68. The van der Waals surface area contributed by atoms with Gasteiger partial charge in [-0.3, -0.25) is 4.40 Å². The Bertz CT molecular complexity index is 1590. The van der Waals surface area contributed by atoms with E-state index in [1.54, 1.807) is 12.3 Å². The fourth-order valence-corrected chi connectivity index (χ4v) is 4.16. The predicted molar refractivity (Wildman–Crippen MR) is 133 cm³/mol. The average Bonchev–Trinajstić information content (AvgIpc) is 3.22. The summed E-state index contributed by atoms with van der Waals surface area (Å²) in [5.74, 6) is -0.205. The van der Waals surface area contributed by atoms with Gasteiger partial charge in [-0.15, -0.1) is 0 Å². The van der Waals surface area contributed by atoms with Crippen LogP contribution in [0.1, 0.15) is 25.6 Å². The maximum absolute atomic E-state index is 14.0. The number of nitrogens with zero attached hydrogens (tertiary/aromatic N) is 3. The summed E-state index contributed by atoms with van der Waals surface area (Å²) in [6, 6.07) is 13.5. The number of halogens is 2. The first kappa shape index (κ1) is 22.3. The van der Waals surface area contributed by atoms with Crippen LogP contribution in [0, 0.1) is 11.6 Å². The lowest BCUT2D eigenvalue weighted by Gasteiger charge is -2.13. The third-order valence-electron chi connectivity index (χ3n) is 5.73. The van der Waals surface area contributed by atoms with Crippen molar-refractivity contribution in [2.45, 2.75) is 19.8 Å². The lowest BCUT2D eigenvalue weighted by Crippen LogP contribution is -2.20. The SMILES string of the molecule is CC(C)c1nc(-c2ccc(NC(=O)Nc3ccc(F)cc3F)c3ccccc23)c2c(N)nccn12. The second-order valence-corrected chi connectivity index (χ2v) is 8.41. The number of urea groups is 1. The van der Waals surface area contributed by atoms with Crippen LogP contribution < -0.4 is 16.4 Å². The number of hydrogen-bond donors (Lipinski definition) is 3. The van der Waals surface area contributed by atoms with Gasteiger partial charge >= 0.3 is 6.03 Å². The van der Waals surface area contributed by atoms with Gasteiger partial charge in [0.2, 0.25) is 0 Å². The van der Waals surface area contributed by atoms with Crippen molar-refractivity contribution in [3.8, 4) is 11.3 Å². The highest BCUT2D eigenvalue weighted by atomic mass is 19.1. The number of hydrogen-bond acceptors (Lipinski definition) is 4. The van der Waals surface area contributed by atoms with Gasteiger partial charge in [-0.2, -0.15) is 0 Å². The van der Waals surface area contributed by atoms with Gasteiger partial charge in [0.1, 0.15) is 34.5 Å². The number of nitrogens with one attached hydrogen (secondary N) is 2. The molecule has 0 aliphatic rings. The number of anilines is 3. The van der Waals surface area contributed by atoms with Gasteiger partial charge in [-0.1, -0.05) is 44.2 Å². The number of imidazole rings is 1. The predicted octanol–water partition coefficient (Wildman–Crippen LogP) is 6.18. The molecular weight excluding hydrogens is 450 g/mol. The molecule has 176 valence electrons. The molecule has 0 fully saturated rings. The molecule has 0 bridgehead atoms. The molecule has 0 spiro atoms. The topological polar surface area (TPSA) is 97.3 Å². The molecule has 35 heavy (non-hydrogen) atoms. The van der Waals surface area contributed by atoms with Crippen LogP contribution in [0.5, 0.6) is 0 Å². The second-order valence-electron chi connectivity index (χ2n) is 8.41. The molecule has 3 aromatic carbocycles. The molecule has 5 rings (SSSR count). The molecule has 9 heteroatoms. The van der Waals surface area contributed by atoms with Gasteiger partial charge in [-0.25, -0.2) is 23.5 Å². The Morgan fingerprint density at radius 3 is 2.46 bits per heavy atom.